The molecule has 1 aliphatic carbocycles. The average Bonchev–Trinajstić information content (AvgIpc) is 2.93. The Kier molecular flexibility index (Phi) is 5.77. The molecular formula is C16H27N3. The largest absolute Gasteiger partial charge is 0.302 e. The zero-order chi connectivity index (χ0) is 13.5. The van der Waals surface area contributed by atoms with E-state index in [1.807, 2.05) is 12.4 Å². The maximum absolute atomic E-state index is 4.36. The van der Waals surface area contributed by atoms with Crippen molar-refractivity contribution < 1.29 is 0 Å². The normalized spacial score (nSPS) is 16.4. The highest BCUT2D eigenvalue weighted by Gasteiger charge is 2.14. The summed E-state index contributed by atoms with van der Waals surface area (Å²) in [6, 6.07) is 0. The van der Waals surface area contributed by atoms with Gasteiger partial charge >= 0.3 is 0 Å². The number of hydrogen-bond acceptors (Lipinski definition) is 3. The van der Waals surface area contributed by atoms with Gasteiger partial charge in [0.05, 0.1) is 0 Å². The van der Waals surface area contributed by atoms with Crippen molar-refractivity contribution in [2.45, 2.75) is 58.4 Å². The van der Waals surface area contributed by atoms with Gasteiger partial charge in [-0.15, -0.1) is 0 Å². The number of aryl methyl sites for hydroxylation is 1. The second kappa shape index (κ2) is 7.59. The van der Waals surface area contributed by atoms with Crippen LogP contribution >= 0.6 is 0 Å². The van der Waals surface area contributed by atoms with Crippen molar-refractivity contribution in [1.29, 1.82) is 0 Å². The lowest BCUT2D eigenvalue weighted by atomic mass is 10.0. The quantitative estimate of drug-likeness (QED) is 0.753. The maximum Gasteiger partial charge on any atom is 0.127 e. The van der Waals surface area contributed by atoms with E-state index in [0.717, 1.165) is 24.7 Å². The first-order chi connectivity index (χ1) is 9.28. The molecule has 1 aromatic rings. The third-order valence-corrected chi connectivity index (χ3v) is 4.15. The number of aromatic nitrogens is 2. The van der Waals surface area contributed by atoms with Crippen LogP contribution in [-0.4, -0.2) is 28.5 Å². The summed E-state index contributed by atoms with van der Waals surface area (Å²) >= 11 is 0. The molecule has 0 spiro atoms. The fourth-order valence-corrected chi connectivity index (χ4v) is 2.99. The number of rotatable bonds is 7. The Morgan fingerprint density at radius 2 is 1.89 bits per heavy atom. The molecule has 3 heteroatoms. The van der Waals surface area contributed by atoms with E-state index in [-0.39, 0.29) is 0 Å². The van der Waals surface area contributed by atoms with Crippen molar-refractivity contribution in [3.8, 4) is 0 Å². The first-order valence-electron chi connectivity index (χ1n) is 7.76. The van der Waals surface area contributed by atoms with Crippen LogP contribution in [0, 0.1) is 5.92 Å². The van der Waals surface area contributed by atoms with Crippen LogP contribution in [0.5, 0.6) is 0 Å². The van der Waals surface area contributed by atoms with Crippen LogP contribution in [0.2, 0.25) is 0 Å². The van der Waals surface area contributed by atoms with Gasteiger partial charge in [0.1, 0.15) is 5.82 Å². The second-order valence-electron chi connectivity index (χ2n) is 5.89. The Hall–Kier alpha value is -0.960. The fourth-order valence-electron chi connectivity index (χ4n) is 2.99. The Bertz CT molecular complexity index is 355. The van der Waals surface area contributed by atoms with Gasteiger partial charge in [-0.1, -0.05) is 32.6 Å². The van der Waals surface area contributed by atoms with Crippen LogP contribution in [0.1, 0.15) is 56.8 Å². The van der Waals surface area contributed by atoms with Gasteiger partial charge in [0.25, 0.3) is 0 Å². The number of nitrogens with zero attached hydrogens (tertiary/aromatic N) is 3. The standard InChI is InChI=1S/C16H27N3/c1-3-16-17-11-15(12-18-16)13-19(2)10-6-9-14-7-4-5-8-14/h11-12,14H,3-10,13H2,1-2H3. The summed E-state index contributed by atoms with van der Waals surface area (Å²) in [5.74, 6) is 1.95. The summed E-state index contributed by atoms with van der Waals surface area (Å²) in [6.45, 7) is 4.24. The van der Waals surface area contributed by atoms with Crippen molar-refractivity contribution in [2.24, 2.45) is 5.92 Å². The van der Waals surface area contributed by atoms with Gasteiger partial charge < -0.3 is 4.90 Å². The molecule has 0 saturated heterocycles. The van der Waals surface area contributed by atoms with E-state index in [2.05, 4.69) is 28.8 Å². The zero-order valence-corrected chi connectivity index (χ0v) is 12.4. The molecule has 1 saturated carbocycles. The average molecular weight is 261 g/mol. The minimum Gasteiger partial charge on any atom is -0.302 e. The highest BCUT2D eigenvalue weighted by molar-refractivity contribution is 5.04. The number of hydrogen-bond donors (Lipinski definition) is 0. The molecule has 1 aromatic heterocycles. The summed E-state index contributed by atoms with van der Waals surface area (Å²) in [7, 11) is 2.20. The predicted octanol–water partition coefficient (Wildman–Crippen LogP) is 3.44. The molecule has 0 unspecified atom stereocenters. The molecule has 0 aliphatic heterocycles. The van der Waals surface area contributed by atoms with Gasteiger partial charge in [0, 0.05) is 30.9 Å². The molecule has 0 amide bonds. The van der Waals surface area contributed by atoms with Gasteiger partial charge in [0.15, 0.2) is 0 Å². The van der Waals surface area contributed by atoms with E-state index >= 15 is 0 Å². The van der Waals surface area contributed by atoms with Crippen molar-refractivity contribution >= 4 is 0 Å². The van der Waals surface area contributed by atoms with Crippen LogP contribution in [0.25, 0.3) is 0 Å². The summed E-state index contributed by atoms with van der Waals surface area (Å²) in [5, 5.41) is 0. The molecule has 0 atom stereocenters. The van der Waals surface area contributed by atoms with Crippen molar-refractivity contribution in [2.75, 3.05) is 13.6 Å². The lowest BCUT2D eigenvalue weighted by Crippen LogP contribution is -2.20. The maximum atomic E-state index is 4.36. The van der Waals surface area contributed by atoms with E-state index in [4.69, 9.17) is 0 Å². The molecule has 0 bridgehead atoms. The Balaban J connectivity index is 1.66. The Morgan fingerprint density at radius 3 is 2.53 bits per heavy atom. The minimum atomic E-state index is 0.914. The SMILES string of the molecule is CCc1ncc(CN(C)CCCC2CCCC2)cn1. The second-order valence-corrected chi connectivity index (χ2v) is 5.89. The summed E-state index contributed by atoms with van der Waals surface area (Å²) in [6.07, 6.45) is 13.5. The van der Waals surface area contributed by atoms with Crippen LogP contribution in [0.15, 0.2) is 12.4 Å². The van der Waals surface area contributed by atoms with E-state index in [1.54, 1.807) is 0 Å². The molecule has 19 heavy (non-hydrogen) atoms. The lowest BCUT2D eigenvalue weighted by molar-refractivity contribution is 0.305. The summed E-state index contributed by atoms with van der Waals surface area (Å²) < 4.78 is 0. The first kappa shape index (κ1) is 14.4. The van der Waals surface area contributed by atoms with Crippen molar-refractivity contribution in [3.05, 3.63) is 23.8 Å². The first-order valence-corrected chi connectivity index (χ1v) is 7.76. The highest BCUT2D eigenvalue weighted by atomic mass is 15.1. The molecule has 0 N–H and O–H groups in total. The molecule has 0 aromatic carbocycles. The van der Waals surface area contributed by atoms with Crippen molar-refractivity contribution in [1.82, 2.24) is 14.9 Å². The minimum absolute atomic E-state index is 0.914. The van der Waals surface area contributed by atoms with Gasteiger partial charge in [-0.25, -0.2) is 9.97 Å². The van der Waals surface area contributed by atoms with Crippen LogP contribution < -0.4 is 0 Å². The fraction of sp³-hybridized carbons (Fsp3) is 0.750. The zero-order valence-electron chi connectivity index (χ0n) is 12.4. The molecule has 2 rings (SSSR count). The summed E-state index contributed by atoms with van der Waals surface area (Å²) in [5.41, 5.74) is 1.22. The molecule has 1 heterocycles. The van der Waals surface area contributed by atoms with E-state index in [9.17, 15) is 0 Å². The smallest absolute Gasteiger partial charge is 0.127 e. The third-order valence-electron chi connectivity index (χ3n) is 4.15. The molecule has 0 radical (unpaired) electrons. The van der Waals surface area contributed by atoms with Gasteiger partial charge in [0.2, 0.25) is 0 Å². The molecule has 106 valence electrons. The molecule has 1 aliphatic rings. The van der Waals surface area contributed by atoms with Gasteiger partial charge in [-0.05, 0) is 32.4 Å². The van der Waals surface area contributed by atoms with Gasteiger partial charge in [-0.2, -0.15) is 0 Å². The highest BCUT2D eigenvalue weighted by Crippen LogP contribution is 2.28. The molecule has 3 nitrogen and oxygen atoms in total. The van der Waals surface area contributed by atoms with Crippen LogP contribution in [0.4, 0.5) is 0 Å². The van der Waals surface area contributed by atoms with E-state index < -0.39 is 0 Å². The Labute approximate surface area is 117 Å². The predicted molar refractivity (Wildman–Crippen MR) is 78.9 cm³/mol. The van der Waals surface area contributed by atoms with Crippen LogP contribution in [-0.2, 0) is 13.0 Å². The van der Waals surface area contributed by atoms with Crippen molar-refractivity contribution in [3.63, 3.8) is 0 Å². The van der Waals surface area contributed by atoms with Gasteiger partial charge in [-0.3, -0.25) is 0 Å². The topological polar surface area (TPSA) is 29.0 Å². The third kappa shape index (κ3) is 4.90. The Morgan fingerprint density at radius 1 is 1.21 bits per heavy atom. The van der Waals surface area contributed by atoms with E-state index in [1.165, 1.54) is 50.6 Å². The molecule has 1 fully saturated rings. The monoisotopic (exact) mass is 261 g/mol. The lowest BCUT2D eigenvalue weighted by Gasteiger charge is -2.17. The molecular weight excluding hydrogens is 234 g/mol. The van der Waals surface area contributed by atoms with Crippen LogP contribution in [0.3, 0.4) is 0 Å². The summed E-state index contributed by atoms with van der Waals surface area (Å²) in [4.78, 5) is 11.1. The van der Waals surface area contributed by atoms with E-state index in [0.29, 0.717) is 0 Å².